The van der Waals surface area contributed by atoms with Crippen molar-refractivity contribution in [2.75, 3.05) is 25.6 Å². The second-order valence-corrected chi connectivity index (χ2v) is 3.43. The van der Waals surface area contributed by atoms with Crippen LogP contribution in [0.4, 0.5) is 17.6 Å². The van der Waals surface area contributed by atoms with Gasteiger partial charge in [0.2, 0.25) is 11.6 Å². The van der Waals surface area contributed by atoms with Crippen molar-refractivity contribution >= 4 is 12.6 Å². The van der Waals surface area contributed by atoms with Gasteiger partial charge in [-0.25, -0.2) is 8.78 Å². The van der Waals surface area contributed by atoms with Crippen LogP contribution in [0.25, 0.3) is 0 Å². The third-order valence-corrected chi connectivity index (χ3v) is 1.96. The molecule has 0 fully saturated rings. The SMILES string of the molecule is Fc1cc(F)c(F)c(OCCOCCS)c1F. The van der Waals surface area contributed by atoms with Gasteiger partial charge >= 0.3 is 0 Å². The molecule has 0 heterocycles. The molecule has 0 bridgehead atoms. The van der Waals surface area contributed by atoms with Crippen LogP contribution >= 0.6 is 12.6 Å². The van der Waals surface area contributed by atoms with Gasteiger partial charge in [-0.1, -0.05) is 0 Å². The van der Waals surface area contributed by atoms with Crippen LogP contribution in [0, 0.1) is 23.3 Å². The maximum atomic E-state index is 13.1. The minimum Gasteiger partial charge on any atom is -0.485 e. The predicted molar refractivity (Wildman–Crippen MR) is 56.4 cm³/mol. The number of thiol groups is 1. The van der Waals surface area contributed by atoms with Crippen molar-refractivity contribution in [2.24, 2.45) is 0 Å². The summed E-state index contributed by atoms with van der Waals surface area (Å²) in [6.45, 7) is 0.164. The second kappa shape index (κ2) is 6.70. The lowest BCUT2D eigenvalue weighted by Crippen LogP contribution is -2.11. The summed E-state index contributed by atoms with van der Waals surface area (Å²) >= 11 is 3.87. The molecule has 0 N–H and O–H groups in total. The highest BCUT2D eigenvalue weighted by Gasteiger charge is 2.20. The topological polar surface area (TPSA) is 18.5 Å². The lowest BCUT2D eigenvalue weighted by Gasteiger charge is -2.09. The molecule has 0 aliphatic heterocycles. The van der Waals surface area contributed by atoms with E-state index in [4.69, 9.17) is 4.74 Å². The van der Waals surface area contributed by atoms with Crippen LogP contribution in [-0.2, 0) is 4.74 Å². The third kappa shape index (κ3) is 3.78. The lowest BCUT2D eigenvalue weighted by molar-refractivity contribution is 0.107. The van der Waals surface area contributed by atoms with Gasteiger partial charge in [0.1, 0.15) is 6.61 Å². The van der Waals surface area contributed by atoms with Gasteiger partial charge < -0.3 is 9.47 Å². The maximum absolute atomic E-state index is 13.1. The highest BCUT2D eigenvalue weighted by atomic mass is 32.1. The van der Waals surface area contributed by atoms with E-state index in [0.717, 1.165) is 0 Å². The fourth-order valence-electron chi connectivity index (χ4n) is 1.05. The first kappa shape index (κ1) is 14.1. The van der Waals surface area contributed by atoms with Gasteiger partial charge in [-0.15, -0.1) is 0 Å². The van der Waals surface area contributed by atoms with E-state index in [2.05, 4.69) is 17.4 Å². The number of hydrogen-bond acceptors (Lipinski definition) is 3. The van der Waals surface area contributed by atoms with Gasteiger partial charge in [0.15, 0.2) is 17.4 Å². The van der Waals surface area contributed by atoms with Crippen molar-refractivity contribution < 1.29 is 27.0 Å². The Morgan fingerprint density at radius 3 is 2.06 bits per heavy atom. The minimum absolute atomic E-state index is 0.0393. The molecule has 0 atom stereocenters. The Labute approximate surface area is 101 Å². The molecule has 0 saturated heterocycles. The standard InChI is InChI=1S/C10H10F4O2S/c11-6-5-7(12)9(14)10(8(6)13)16-2-1-15-3-4-17/h5,17H,1-4H2. The first-order valence-electron chi connectivity index (χ1n) is 4.72. The van der Waals surface area contributed by atoms with Crippen LogP contribution in [0.3, 0.4) is 0 Å². The molecule has 1 aromatic carbocycles. The van der Waals surface area contributed by atoms with Gasteiger partial charge in [0.25, 0.3) is 0 Å². The van der Waals surface area contributed by atoms with Crippen LogP contribution in [-0.4, -0.2) is 25.6 Å². The van der Waals surface area contributed by atoms with Crippen LogP contribution in [0.2, 0.25) is 0 Å². The summed E-state index contributed by atoms with van der Waals surface area (Å²) in [4.78, 5) is 0. The monoisotopic (exact) mass is 270 g/mol. The average Bonchev–Trinajstić information content (AvgIpc) is 2.30. The minimum atomic E-state index is -1.56. The molecule has 7 heteroatoms. The molecule has 1 aromatic rings. The van der Waals surface area contributed by atoms with Crippen molar-refractivity contribution in [3.8, 4) is 5.75 Å². The van der Waals surface area contributed by atoms with Gasteiger partial charge in [-0.2, -0.15) is 21.4 Å². The molecule has 0 unspecified atom stereocenters. The third-order valence-electron chi connectivity index (χ3n) is 1.78. The van der Waals surface area contributed by atoms with Crippen molar-refractivity contribution in [1.29, 1.82) is 0 Å². The van der Waals surface area contributed by atoms with Gasteiger partial charge in [-0.05, 0) is 0 Å². The molecule has 0 radical (unpaired) electrons. The largest absolute Gasteiger partial charge is 0.485 e. The molecule has 0 amide bonds. The predicted octanol–water partition coefficient (Wildman–Crippen LogP) is 2.57. The number of halogens is 4. The molecule has 0 spiro atoms. The molecule has 0 saturated carbocycles. The van der Waals surface area contributed by atoms with E-state index in [1.807, 2.05) is 0 Å². The van der Waals surface area contributed by atoms with Crippen LogP contribution in [0.15, 0.2) is 6.07 Å². The Morgan fingerprint density at radius 2 is 1.53 bits per heavy atom. The van der Waals surface area contributed by atoms with E-state index in [1.54, 1.807) is 0 Å². The number of rotatable bonds is 6. The molecule has 0 aliphatic rings. The zero-order valence-corrected chi connectivity index (χ0v) is 9.58. The van der Waals surface area contributed by atoms with Crippen molar-refractivity contribution in [3.05, 3.63) is 29.3 Å². The van der Waals surface area contributed by atoms with E-state index in [0.29, 0.717) is 12.4 Å². The van der Waals surface area contributed by atoms with Crippen LogP contribution < -0.4 is 4.74 Å². The zero-order valence-electron chi connectivity index (χ0n) is 8.68. The highest BCUT2D eigenvalue weighted by Crippen LogP contribution is 2.26. The second-order valence-electron chi connectivity index (χ2n) is 2.98. The van der Waals surface area contributed by atoms with Crippen molar-refractivity contribution in [2.45, 2.75) is 0 Å². The molecule has 2 nitrogen and oxygen atoms in total. The lowest BCUT2D eigenvalue weighted by atomic mass is 10.3. The summed E-state index contributed by atoms with van der Waals surface area (Å²) in [7, 11) is 0. The Bertz CT molecular complexity index is 361. The molecule has 17 heavy (non-hydrogen) atoms. The van der Waals surface area contributed by atoms with E-state index in [9.17, 15) is 17.6 Å². The normalized spacial score (nSPS) is 10.6. The van der Waals surface area contributed by atoms with E-state index >= 15 is 0 Å². The Balaban J connectivity index is 2.64. The first-order valence-corrected chi connectivity index (χ1v) is 5.35. The molecule has 0 aliphatic carbocycles. The summed E-state index contributed by atoms with van der Waals surface area (Å²) in [6.07, 6.45) is 0. The number of ether oxygens (including phenoxy) is 2. The molecule has 0 aromatic heterocycles. The fraction of sp³-hybridized carbons (Fsp3) is 0.400. The molecule has 96 valence electrons. The summed E-state index contributed by atoms with van der Waals surface area (Å²) < 4.78 is 61.1. The van der Waals surface area contributed by atoms with Gasteiger partial charge in [0.05, 0.1) is 13.2 Å². The van der Waals surface area contributed by atoms with E-state index in [-0.39, 0.29) is 19.3 Å². The van der Waals surface area contributed by atoms with Crippen LogP contribution in [0.5, 0.6) is 5.75 Å². The zero-order chi connectivity index (χ0) is 12.8. The smallest absolute Gasteiger partial charge is 0.203 e. The fourth-order valence-corrected chi connectivity index (χ4v) is 1.18. The average molecular weight is 270 g/mol. The van der Waals surface area contributed by atoms with E-state index in [1.165, 1.54) is 0 Å². The first-order chi connectivity index (χ1) is 8.07. The molecular weight excluding hydrogens is 260 g/mol. The van der Waals surface area contributed by atoms with Crippen molar-refractivity contribution in [3.63, 3.8) is 0 Å². The molecule has 1 rings (SSSR count). The summed E-state index contributed by atoms with van der Waals surface area (Å²) in [5.74, 6) is -6.71. The quantitative estimate of drug-likeness (QED) is 0.371. The highest BCUT2D eigenvalue weighted by molar-refractivity contribution is 7.80. The molecular formula is C10H10F4O2S. The summed E-state index contributed by atoms with van der Waals surface area (Å²) in [6, 6.07) is 0.120. The Hall–Kier alpha value is -0.950. The number of hydrogen-bond donors (Lipinski definition) is 1. The van der Waals surface area contributed by atoms with Crippen molar-refractivity contribution in [1.82, 2.24) is 0 Å². The van der Waals surface area contributed by atoms with Gasteiger partial charge in [-0.3, -0.25) is 0 Å². The van der Waals surface area contributed by atoms with Crippen LogP contribution in [0.1, 0.15) is 0 Å². The number of benzene rings is 1. The Morgan fingerprint density at radius 1 is 0.941 bits per heavy atom. The summed E-state index contributed by atoms with van der Waals surface area (Å²) in [5.41, 5.74) is 0. The Kier molecular flexibility index (Phi) is 5.57. The summed E-state index contributed by atoms with van der Waals surface area (Å²) in [5, 5.41) is 0. The van der Waals surface area contributed by atoms with Gasteiger partial charge in [0, 0.05) is 11.8 Å². The maximum Gasteiger partial charge on any atom is 0.203 e. The van der Waals surface area contributed by atoms with E-state index < -0.39 is 29.0 Å².